The molecule has 2 amide bonds. The highest BCUT2D eigenvalue weighted by Gasteiger charge is 2.42. The van der Waals surface area contributed by atoms with E-state index in [0.717, 1.165) is 63.9 Å². The molecule has 1 spiro atoms. The SMILES string of the molecule is CCc1cc(C(=O)N2CCC3(CCC(=O)N(CC4CCCO4)C3)CC2)on1. The Bertz CT molecular complexity index is 687. The van der Waals surface area contributed by atoms with Crippen LogP contribution in [-0.4, -0.2) is 65.7 Å². The summed E-state index contributed by atoms with van der Waals surface area (Å²) in [6.45, 7) is 5.75. The number of aromatic nitrogens is 1. The smallest absolute Gasteiger partial charge is 0.292 e. The number of rotatable bonds is 4. The molecule has 3 fully saturated rings. The summed E-state index contributed by atoms with van der Waals surface area (Å²) in [6, 6.07) is 1.75. The van der Waals surface area contributed by atoms with Crippen molar-refractivity contribution < 1.29 is 18.8 Å². The van der Waals surface area contributed by atoms with E-state index in [1.165, 1.54) is 0 Å². The Morgan fingerprint density at radius 3 is 2.81 bits per heavy atom. The Balaban J connectivity index is 1.35. The van der Waals surface area contributed by atoms with Crippen molar-refractivity contribution in [2.75, 3.05) is 32.8 Å². The van der Waals surface area contributed by atoms with E-state index in [4.69, 9.17) is 9.26 Å². The van der Waals surface area contributed by atoms with Crippen molar-refractivity contribution in [1.82, 2.24) is 15.0 Å². The fourth-order valence-electron chi connectivity index (χ4n) is 4.63. The Morgan fingerprint density at radius 2 is 2.15 bits per heavy atom. The lowest BCUT2D eigenvalue weighted by Gasteiger charge is -2.47. The van der Waals surface area contributed by atoms with Crippen LogP contribution in [0.1, 0.15) is 61.7 Å². The molecular weight excluding hydrogens is 346 g/mol. The molecule has 1 unspecified atom stereocenters. The van der Waals surface area contributed by atoms with Crippen LogP contribution in [0.4, 0.5) is 0 Å². The molecule has 1 atom stereocenters. The third kappa shape index (κ3) is 3.88. The zero-order valence-corrected chi connectivity index (χ0v) is 16.1. The highest BCUT2D eigenvalue weighted by molar-refractivity contribution is 5.91. The lowest BCUT2D eigenvalue weighted by Crippen LogP contribution is -2.53. The largest absolute Gasteiger partial charge is 0.376 e. The second-order valence-electron chi connectivity index (χ2n) is 8.24. The minimum absolute atomic E-state index is 0.0693. The van der Waals surface area contributed by atoms with Gasteiger partial charge in [-0.15, -0.1) is 0 Å². The maximum atomic E-state index is 12.7. The first-order valence-electron chi connectivity index (χ1n) is 10.2. The second-order valence-corrected chi connectivity index (χ2v) is 8.24. The molecule has 0 radical (unpaired) electrons. The number of hydrogen-bond acceptors (Lipinski definition) is 5. The van der Waals surface area contributed by atoms with Crippen LogP contribution in [0.5, 0.6) is 0 Å². The normalized spacial score (nSPS) is 25.4. The lowest BCUT2D eigenvalue weighted by atomic mass is 9.72. The number of carbonyl (C=O) groups is 2. The molecule has 1 aromatic rings. The summed E-state index contributed by atoms with van der Waals surface area (Å²) >= 11 is 0. The lowest BCUT2D eigenvalue weighted by molar-refractivity contribution is -0.141. The molecule has 7 heteroatoms. The van der Waals surface area contributed by atoms with E-state index in [1.54, 1.807) is 6.07 Å². The van der Waals surface area contributed by atoms with Crippen LogP contribution in [0, 0.1) is 5.41 Å². The summed E-state index contributed by atoms with van der Waals surface area (Å²) in [5.41, 5.74) is 0.946. The first-order valence-corrected chi connectivity index (χ1v) is 10.2. The number of hydrogen-bond donors (Lipinski definition) is 0. The zero-order valence-electron chi connectivity index (χ0n) is 16.1. The molecule has 7 nitrogen and oxygen atoms in total. The average molecular weight is 375 g/mol. The number of nitrogens with zero attached hydrogens (tertiary/aromatic N) is 3. The van der Waals surface area contributed by atoms with E-state index in [0.29, 0.717) is 25.3 Å². The summed E-state index contributed by atoms with van der Waals surface area (Å²) < 4.78 is 10.9. The number of ether oxygens (including phenoxy) is 1. The monoisotopic (exact) mass is 375 g/mol. The number of piperidine rings is 2. The van der Waals surface area contributed by atoms with Gasteiger partial charge in [0.2, 0.25) is 11.7 Å². The van der Waals surface area contributed by atoms with Gasteiger partial charge in [0.25, 0.3) is 5.91 Å². The van der Waals surface area contributed by atoms with E-state index in [9.17, 15) is 9.59 Å². The van der Waals surface area contributed by atoms with Crippen molar-refractivity contribution >= 4 is 11.8 Å². The van der Waals surface area contributed by atoms with Crippen LogP contribution in [0.25, 0.3) is 0 Å². The molecule has 0 aliphatic carbocycles. The highest BCUT2D eigenvalue weighted by atomic mass is 16.5. The van der Waals surface area contributed by atoms with E-state index >= 15 is 0 Å². The van der Waals surface area contributed by atoms with Gasteiger partial charge in [0.05, 0.1) is 11.8 Å². The molecule has 0 bridgehead atoms. The van der Waals surface area contributed by atoms with E-state index in [-0.39, 0.29) is 23.3 Å². The minimum Gasteiger partial charge on any atom is -0.376 e. The van der Waals surface area contributed by atoms with Crippen molar-refractivity contribution in [1.29, 1.82) is 0 Å². The van der Waals surface area contributed by atoms with Crippen molar-refractivity contribution in [2.45, 2.75) is 58.0 Å². The molecule has 0 N–H and O–H groups in total. The summed E-state index contributed by atoms with van der Waals surface area (Å²) in [4.78, 5) is 28.9. The van der Waals surface area contributed by atoms with Crippen molar-refractivity contribution in [3.8, 4) is 0 Å². The van der Waals surface area contributed by atoms with Crippen LogP contribution in [0.3, 0.4) is 0 Å². The van der Waals surface area contributed by atoms with Gasteiger partial charge in [-0.05, 0) is 43.9 Å². The van der Waals surface area contributed by atoms with Crippen LogP contribution in [0.15, 0.2) is 10.6 Å². The predicted molar refractivity (Wildman–Crippen MR) is 98.2 cm³/mol. The Hall–Kier alpha value is -1.89. The van der Waals surface area contributed by atoms with Crippen LogP contribution in [-0.2, 0) is 16.0 Å². The molecule has 3 saturated heterocycles. The molecule has 27 heavy (non-hydrogen) atoms. The number of carbonyl (C=O) groups excluding carboxylic acids is 2. The molecule has 3 aliphatic rings. The first-order chi connectivity index (χ1) is 13.1. The summed E-state index contributed by atoms with van der Waals surface area (Å²) in [5, 5.41) is 3.92. The van der Waals surface area contributed by atoms with Gasteiger partial charge >= 0.3 is 0 Å². The molecule has 4 heterocycles. The number of amides is 2. The summed E-state index contributed by atoms with van der Waals surface area (Å²) in [7, 11) is 0. The Kier molecular flexibility index (Phi) is 5.21. The predicted octanol–water partition coefficient (Wildman–Crippen LogP) is 2.26. The van der Waals surface area contributed by atoms with E-state index in [1.807, 2.05) is 16.7 Å². The number of aryl methyl sites for hydroxylation is 1. The molecule has 0 aromatic carbocycles. The van der Waals surface area contributed by atoms with Crippen molar-refractivity contribution in [2.24, 2.45) is 5.41 Å². The van der Waals surface area contributed by atoms with Crippen molar-refractivity contribution in [3.05, 3.63) is 17.5 Å². The van der Waals surface area contributed by atoms with E-state index in [2.05, 4.69) is 5.16 Å². The maximum Gasteiger partial charge on any atom is 0.292 e. The Labute approximate surface area is 160 Å². The fraction of sp³-hybridized carbons (Fsp3) is 0.750. The third-order valence-corrected chi connectivity index (χ3v) is 6.44. The third-order valence-electron chi connectivity index (χ3n) is 6.44. The van der Waals surface area contributed by atoms with Crippen molar-refractivity contribution in [3.63, 3.8) is 0 Å². The molecule has 148 valence electrons. The standard InChI is InChI=1S/C20H29N3O4/c1-2-15-12-17(27-21-15)19(25)22-9-7-20(8-10-22)6-5-18(24)23(14-20)13-16-4-3-11-26-16/h12,16H,2-11,13-14H2,1H3. The molecule has 1 aromatic heterocycles. The molecule has 0 saturated carbocycles. The van der Waals surface area contributed by atoms with Gasteiger partial charge in [0.15, 0.2) is 0 Å². The van der Waals surface area contributed by atoms with Gasteiger partial charge in [-0.1, -0.05) is 12.1 Å². The second kappa shape index (κ2) is 7.62. The Morgan fingerprint density at radius 1 is 1.33 bits per heavy atom. The molecule has 3 aliphatic heterocycles. The van der Waals surface area contributed by atoms with Gasteiger partial charge in [0, 0.05) is 45.3 Å². The fourth-order valence-corrected chi connectivity index (χ4v) is 4.63. The quantitative estimate of drug-likeness (QED) is 0.807. The first kappa shape index (κ1) is 18.5. The molecular formula is C20H29N3O4. The minimum atomic E-state index is -0.0693. The highest BCUT2D eigenvalue weighted by Crippen LogP contribution is 2.40. The summed E-state index contributed by atoms with van der Waals surface area (Å²) in [6.07, 6.45) is 6.51. The van der Waals surface area contributed by atoms with Crippen LogP contribution >= 0.6 is 0 Å². The summed E-state index contributed by atoms with van der Waals surface area (Å²) in [5.74, 6) is 0.519. The topological polar surface area (TPSA) is 75.9 Å². The van der Waals surface area contributed by atoms with Crippen LogP contribution < -0.4 is 0 Å². The van der Waals surface area contributed by atoms with Gasteiger partial charge in [0.1, 0.15) is 0 Å². The van der Waals surface area contributed by atoms with E-state index < -0.39 is 0 Å². The van der Waals surface area contributed by atoms with Gasteiger partial charge in [-0.2, -0.15) is 0 Å². The maximum absolute atomic E-state index is 12.7. The van der Waals surface area contributed by atoms with Crippen LogP contribution in [0.2, 0.25) is 0 Å². The molecule has 4 rings (SSSR count). The zero-order chi connectivity index (χ0) is 18.9. The number of likely N-dealkylation sites (tertiary alicyclic amines) is 2. The van der Waals surface area contributed by atoms with Gasteiger partial charge < -0.3 is 19.1 Å². The van der Waals surface area contributed by atoms with Gasteiger partial charge in [-0.3, -0.25) is 9.59 Å². The average Bonchev–Trinajstić information content (AvgIpc) is 3.37. The van der Waals surface area contributed by atoms with Gasteiger partial charge in [-0.25, -0.2) is 0 Å².